The summed E-state index contributed by atoms with van der Waals surface area (Å²) in [7, 11) is 0. The van der Waals surface area contributed by atoms with Gasteiger partial charge in [0, 0.05) is 62.2 Å². The molecule has 0 saturated heterocycles. The van der Waals surface area contributed by atoms with Crippen LogP contribution in [0.25, 0.3) is 86.3 Å². The van der Waals surface area contributed by atoms with Gasteiger partial charge in [-0.05, 0) is 154 Å². The summed E-state index contributed by atoms with van der Waals surface area (Å²) < 4.78 is 15.2. The zero-order valence-corrected chi connectivity index (χ0v) is 49.5. The highest BCUT2D eigenvalue weighted by atomic mass is 16.5. The van der Waals surface area contributed by atoms with E-state index < -0.39 is 0 Å². The molecule has 0 spiro atoms. The van der Waals surface area contributed by atoms with E-state index >= 15 is 0 Å². The lowest BCUT2D eigenvalue weighted by molar-refractivity contribution is 0.268. The molecule has 0 radical (unpaired) electrons. The lowest BCUT2D eigenvalue weighted by Gasteiger charge is -2.26. The van der Waals surface area contributed by atoms with Crippen molar-refractivity contribution < 1.29 is 9.15 Å². The second kappa shape index (κ2) is 27.4. The number of aromatic nitrogens is 1. The van der Waals surface area contributed by atoms with Crippen LogP contribution in [0.3, 0.4) is 0 Å². The van der Waals surface area contributed by atoms with E-state index in [1.54, 1.807) is 0 Å². The van der Waals surface area contributed by atoms with Crippen molar-refractivity contribution in [3.05, 3.63) is 361 Å². The first-order valence-corrected chi connectivity index (χ1v) is 30.3. The zero-order chi connectivity index (χ0) is 60.0. The number of nitrogens with zero attached hydrogens (tertiary/aromatic N) is 2. The fraction of sp³-hybridized carbons (Fsp3) is 0.0714. The Hall–Kier alpha value is -10.9. The van der Waals surface area contributed by atoms with Crippen molar-refractivity contribution in [1.82, 2.24) is 4.57 Å². The van der Waals surface area contributed by atoms with E-state index in [0.29, 0.717) is 0 Å². The van der Waals surface area contributed by atoms with E-state index in [0.717, 1.165) is 137 Å². The molecule has 3 aliphatic rings. The van der Waals surface area contributed by atoms with Crippen molar-refractivity contribution in [2.24, 2.45) is 0 Å². The molecule has 12 rings (SSSR count). The van der Waals surface area contributed by atoms with Crippen LogP contribution in [-0.2, 0) is 0 Å². The summed E-state index contributed by atoms with van der Waals surface area (Å²) in [6, 6.07) is 64.7. The molecular formula is C84H70N2O2. The van der Waals surface area contributed by atoms with Gasteiger partial charge in [0.05, 0.1) is 5.52 Å². The maximum atomic E-state index is 6.53. The minimum atomic E-state index is 0.00389. The van der Waals surface area contributed by atoms with E-state index in [2.05, 4.69) is 321 Å². The molecule has 4 heteroatoms. The molecule has 0 N–H and O–H groups in total. The molecule has 2 atom stereocenters. The zero-order valence-electron chi connectivity index (χ0n) is 49.5. The normalized spacial score (nSPS) is 15.4. The average molecular weight is 1140 g/mol. The number of unbranched alkanes of at least 4 members (excludes halogenated alkanes) is 1. The van der Waals surface area contributed by atoms with Gasteiger partial charge in [-0.3, -0.25) is 0 Å². The van der Waals surface area contributed by atoms with Gasteiger partial charge in [-0.15, -0.1) is 6.58 Å². The van der Waals surface area contributed by atoms with Crippen molar-refractivity contribution in [2.75, 3.05) is 4.90 Å². The third kappa shape index (κ3) is 12.8. The first-order valence-electron chi connectivity index (χ1n) is 30.3. The van der Waals surface area contributed by atoms with Crippen molar-refractivity contribution >= 4 is 80.8 Å². The number of hydrogen-bond donors (Lipinski definition) is 0. The lowest BCUT2D eigenvalue weighted by Crippen LogP contribution is -2.21. The van der Waals surface area contributed by atoms with Crippen molar-refractivity contribution in [2.45, 2.75) is 37.7 Å². The van der Waals surface area contributed by atoms with Gasteiger partial charge < -0.3 is 18.6 Å². The summed E-state index contributed by atoms with van der Waals surface area (Å²) in [6.45, 7) is 16.6. The summed E-state index contributed by atoms with van der Waals surface area (Å²) in [5, 5.41) is 3.39. The number of allylic oxidation sites excluding steroid dienone is 15. The first kappa shape index (κ1) is 57.5. The molecule has 7 aromatic carbocycles. The number of hydrogen-bond acceptors (Lipinski definition) is 3. The predicted octanol–water partition coefficient (Wildman–Crippen LogP) is 21.0. The highest BCUT2D eigenvalue weighted by Gasteiger charge is 2.33. The van der Waals surface area contributed by atoms with Gasteiger partial charge in [-0.1, -0.05) is 250 Å². The predicted molar refractivity (Wildman–Crippen MR) is 377 cm³/mol. The van der Waals surface area contributed by atoms with Crippen LogP contribution in [0.4, 0.5) is 11.4 Å². The Balaban J connectivity index is 0.876. The molecule has 3 heterocycles. The van der Waals surface area contributed by atoms with Gasteiger partial charge in [-0.25, -0.2) is 0 Å². The minimum absolute atomic E-state index is 0.00389. The quantitative estimate of drug-likeness (QED) is 0.0433. The molecule has 9 aromatic rings. The summed E-state index contributed by atoms with van der Waals surface area (Å²) in [6.07, 6.45) is 50.2. The van der Waals surface area contributed by atoms with Crippen molar-refractivity contribution in [1.29, 1.82) is 0 Å². The van der Waals surface area contributed by atoms with E-state index in [1.165, 1.54) is 10.8 Å². The maximum absolute atomic E-state index is 6.53. The molecule has 0 amide bonds. The summed E-state index contributed by atoms with van der Waals surface area (Å²) >= 11 is 0. The van der Waals surface area contributed by atoms with E-state index in [-0.39, 0.29) is 12.0 Å². The molecule has 428 valence electrons. The number of anilines is 2. The third-order valence-corrected chi connectivity index (χ3v) is 16.3. The van der Waals surface area contributed by atoms with Gasteiger partial charge in [-0.2, -0.15) is 0 Å². The van der Waals surface area contributed by atoms with Crippen LogP contribution in [0, 0.1) is 0 Å². The Labute approximate surface area is 517 Å². The van der Waals surface area contributed by atoms with Crippen LogP contribution in [-0.4, -0.2) is 10.7 Å². The standard InChI is InChI=1S/C84H70N2O2/c1-5-9-10-12-27-63-44-52-73(53-45-63)86(71(8-4)35-20-29-61-25-13-11-14-26-61)74-56-49-67(50-57-74)66-47-54-72(55-48-66)85-59-24-30-62(28-19-32-65(7-3)75-38-23-40-79-77-37-16-18-42-82(77)88-84(75)79)43-46-70-60-69(51-58-80(70)85)64(6-2)31-21-33-68-34-22-39-78-76-36-15-17-41-81(76)87-83(68)78/h5-8,11-14,16,18-60,77,82H,1-4,9-10,15,17H2. The van der Waals surface area contributed by atoms with Crippen LogP contribution in [0.1, 0.15) is 70.5 Å². The molecule has 2 aliphatic carbocycles. The Morgan fingerprint density at radius 2 is 1.25 bits per heavy atom. The molecule has 88 heavy (non-hydrogen) atoms. The molecule has 2 aromatic heterocycles. The Kier molecular flexibility index (Phi) is 17.9. The molecule has 2 unspecified atom stereocenters. The molecule has 4 nitrogen and oxygen atoms in total. The summed E-state index contributed by atoms with van der Waals surface area (Å²) in [4.78, 5) is 2.25. The Morgan fingerprint density at radius 3 is 2.03 bits per heavy atom. The lowest BCUT2D eigenvalue weighted by atomic mass is 9.90. The topological polar surface area (TPSA) is 30.5 Å². The van der Waals surface area contributed by atoms with Gasteiger partial charge in [0.25, 0.3) is 0 Å². The fourth-order valence-corrected chi connectivity index (χ4v) is 11.7. The van der Waals surface area contributed by atoms with Crippen molar-refractivity contribution in [3.8, 4) is 22.6 Å². The number of benzene rings is 7. The van der Waals surface area contributed by atoms with Gasteiger partial charge in [0.1, 0.15) is 22.9 Å². The summed E-state index contributed by atoms with van der Waals surface area (Å²) in [5.41, 5.74) is 18.8. The van der Waals surface area contributed by atoms with Gasteiger partial charge >= 0.3 is 0 Å². The molecule has 0 saturated carbocycles. The number of furan rings is 1. The van der Waals surface area contributed by atoms with Crippen LogP contribution in [0.15, 0.2) is 316 Å². The first-order chi connectivity index (χ1) is 43.5. The second-order valence-electron chi connectivity index (χ2n) is 21.9. The SMILES string of the molecule is C=CCCC=Cc1ccc(N(C(C=C)=CC=Cc2ccccc2)c2ccc(-c3ccc(-n4cccc(C=CC=C(C=C)c5cccc6c5OC5C=CC=CC65)ccc5cc(C(C=C)=CC=Cc6cccc7c8c(oc67)=CCCC=8)ccc54)cc3)cc2)cc1. The van der Waals surface area contributed by atoms with Crippen molar-refractivity contribution in [3.63, 3.8) is 0 Å². The highest BCUT2D eigenvalue weighted by Crippen LogP contribution is 2.45. The van der Waals surface area contributed by atoms with E-state index in [4.69, 9.17) is 9.15 Å². The van der Waals surface area contributed by atoms with Crippen LogP contribution in [0.5, 0.6) is 5.75 Å². The van der Waals surface area contributed by atoms with Crippen LogP contribution >= 0.6 is 0 Å². The van der Waals surface area contributed by atoms with Crippen LogP contribution < -0.4 is 20.3 Å². The molecular weight excluding hydrogens is 1070 g/mol. The summed E-state index contributed by atoms with van der Waals surface area (Å²) in [5.74, 6) is 1.14. The number of para-hydroxylation sites is 2. The van der Waals surface area contributed by atoms with E-state index in [9.17, 15) is 0 Å². The number of ether oxygens (including phenoxy) is 1. The van der Waals surface area contributed by atoms with Gasteiger partial charge in [0.2, 0.25) is 0 Å². The average Bonchev–Trinajstić information content (AvgIpc) is 2.20. The Bertz CT molecular complexity index is 4580. The van der Waals surface area contributed by atoms with Gasteiger partial charge in [0.15, 0.2) is 0 Å². The maximum Gasteiger partial charge on any atom is 0.142 e. The highest BCUT2D eigenvalue weighted by molar-refractivity contribution is 5.90. The monoisotopic (exact) mass is 1140 g/mol. The van der Waals surface area contributed by atoms with E-state index in [1.807, 2.05) is 30.4 Å². The third-order valence-electron chi connectivity index (χ3n) is 16.3. The fourth-order valence-electron chi connectivity index (χ4n) is 11.7. The minimum Gasteiger partial charge on any atom is -0.484 e. The second-order valence-corrected chi connectivity index (χ2v) is 21.9. The molecule has 1 aliphatic heterocycles. The molecule has 0 bridgehead atoms. The number of fused-ring (bicyclic) bond motifs is 7. The molecule has 0 fully saturated rings. The van der Waals surface area contributed by atoms with Crippen LogP contribution in [0.2, 0.25) is 0 Å². The smallest absolute Gasteiger partial charge is 0.142 e. The Morgan fingerprint density at radius 1 is 0.568 bits per heavy atom. The largest absolute Gasteiger partial charge is 0.484 e. The number of rotatable bonds is 20.